The van der Waals surface area contributed by atoms with Gasteiger partial charge in [0.2, 0.25) is 5.88 Å². The van der Waals surface area contributed by atoms with Gasteiger partial charge in [-0.1, -0.05) is 36.4 Å². The van der Waals surface area contributed by atoms with Crippen LogP contribution in [0.3, 0.4) is 0 Å². The number of aromatic nitrogens is 1. The van der Waals surface area contributed by atoms with Gasteiger partial charge in [-0.15, -0.1) is 0 Å². The summed E-state index contributed by atoms with van der Waals surface area (Å²) in [6, 6.07) is 20.2. The van der Waals surface area contributed by atoms with Crippen molar-refractivity contribution in [1.82, 2.24) is 4.98 Å². The van der Waals surface area contributed by atoms with Crippen molar-refractivity contribution < 1.29 is 9.66 Å². The van der Waals surface area contributed by atoms with Crippen molar-refractivity contribution in [2.75, 3.05) is 0 Å². The molecule has 6 heteroatoms. The molecule has 0 bridgehead atoms. The van der Waals surface area contributed by atoms with Crippen LogP contribution in [0.15, 0.2) is 66.9 Å². The lowest BCUT2D eigenvalue weighted by Gasteiger charge is -2.07. The third-order valence-electron chi connectivity index (χ3n) is 3.55. The van der Waals surface area contributed by atoms with Gasteiger partial charge in [0.1, 0.15) is 11.9 Å². The second-order valence-electron chi connectivity index (χ2n) is 5.27. The highest BCUT2D eigenvalue weighted by molar-refractivity contribution is 5.65. The van der Waals surface area contributed by atoms with E-state index in [4.69, 9.17) is 10.00 Å². The molecule has 1 heterocycles. The zero-order chi connectivity index (χ0) is 17.6. The first-order valence-electron chi connectivity index (χ1n) is 7.50. The third-order valence-corrected chi connectivity index (χ3v) is 3.55. The number of benzene rings is 2. The number of ether oxygens (including phenoxy) is 1. The lowest BCUT2D eigenvalue weighted by Crippen LogP contribution is -1.91. The molecule has 122 valence electrons. The molecule has 0 spiro atoms. The maximum atomic E-state index is 10.6. The highest BCUT2D eigenvalue weighted by Gasteiger charge is 2.07. The van der Waals surface area contributed by atoms with Gasteiger partial charge in [-0.25, -0.2) is 4.98 Å². The van der Waals surface area contributed by atoms with Gasteiger partial charge in [0.05, 0.1) is 17.4 Å². The minimum atomic E-state index is -0.508. The Morgan fingerprint density at radius 2 is 1.88 bits per heavy atom. The Morgan fingerprint density at radius 3 is 2.52 bits per heavy atom. The molecule has 0 N–H and O–H groups in total. The molecule has 1 aromatic heterocycles. The summed E-state index contributed by atoms with van der Waals surface area (Å²) in [6.07, 6.45) is 1.53. The van der Waals surface area contributed by atoms with E-state index in [0.29, 0.717) is 12.2 Å². The van der Waals surface area contributed by atoms with Gasteiger partial charge in [-0.2, -0.15) is 5.26 Å². The summed E-state index contributed by atoms with van der Waals surface area (Å²) in [5.41, 5.74) is 2.91. The van der Waals surface area contributed by atoms with Gasteiger partial charge in [-0.05, 0) is 28.8 Å². The van der Waals surface area contributed by atoms with E-state index in [1.54, 1.807) is 12.1 Å². The molecule has 2 aromatic carbocycles. The lowest BCUT2D eigenvalue weighted by atomic mass is 10.0. The average Bonchev–Trinajstić information content (AvgIpc) is 2.63. The summed E-state index contributed by atoms with van der Waals surface area (Å²) >= 11 is 0. The number of hydrogen-bond acceptors (Lipinski definition) is 5. The zero-order valence-corrected chi connectivity index (χ0v) is 13.1. The monoisotopic (exact) mass is 331 g/mol. The molecule has 0 saturated heterocycles. The van der Waals surface area contributed by atoms with Crippen LogP contribution in [0.1, 0.15) is 5.56 Å². The van der Waals surface area contributed by atoms with Crippen molar-refractivity contribution in [3.05, 3.63) is 82.5 Å². The van der Waals surface area contributed by atoms with Crippen molar-refractivity contribution in [1.29, 1.82) is 5.26 Å². The second-order valence-corrected chi connectivity index (χ2v) is 5.27. The predicted molar refractivity (Wildman–Crippen MR) is 92.2 cm³/mol. The molecule has 25 heavy (non-hydrogen) atoms. The van der Waals surface area contributed by atoms with E-state index in [1.165, 1.54) is 12.1 Å². The molecule has 6 nitrogen and oxygen atoms in total. The molecule has 0 atom stereocenters. The molecule has 3 aromatic rings. The van der Waals surface area contributed by atoms with E-state index in [2.05, 4.69) is 11.1 Å². The summed E-state index contributed by atoms with van der Waals surface area (Å²) in [5, 5.41) is 19.4. The normalized spacial score (nSPS) is 10.0. The lowest BCUT2D eigenvalue weighted by molar-refractivity contribution is -0.385. The fourth-order valence-electron chi connectivity index (χ4n) is 2.33. The summed E-state index contributed by atoms with van der Waals surface area (Å²) in [7, 11) is 0. The van der Waals surface area contributed by atoms with Gasteiger partial charge >= 0.3 is 0 Å². The summed E-state index contributed by atoms with van der Waals surface area (Å²) in [4.78, 5) is 14.0. The number of nitriles is 1. The van der Waals surface area contributed by atoms with Crippen LogP contribution in [0.4, 0.5) is 5.69 Å². The number of pyridine rings is 1. The summed E-state index contributed by atoms with van der Waals surface area (Å²) in [5.74, 6) is 0.868. The van der Waals surface area contributed by atoms with Crippen LogP contribution in [-0.2, 0) is 6.42 Å². The standard InChI is InChI=1S/C19H13N3O3/c20-11-10-14-2-1-3-16(12-14)15-4-7-18(8-5-15)25-19-9-6-17(13-21-19)22(23)24/h1-9,12-13H,10H2. The maximum Gasteiger partial charge on any atom is 0.287 e. The molecule has 0 aliphatic carbocycles. The maximum absolute atomic E-state index is 10.6. The van der Waals surface area contributed by atoms with Gasteiger partial charge in [0.25, 0.3) is 5.69 Å². The van der Waals surface area contributed by atoms with Crippen molar-refractivity contribution in [3.63, 3.8) is 0 Å². The molecule has 0 amide bonds. The minimum absolute atomic E-state index is 0.0834. The number of rotatable bonds is 5. The van der Waals surface area contributed by atoms with Crippen LogP contribution in [0.25, 0.3) is 11.1 Å². The Bertz CT molecular complexity index is 929. The molecule has 0 fully saturated rings. The molecule has 0 aliphatic heterocycles. The van der Waals surface area contributed by atoms with Gasteiger partial charge in [0.15, 0.2) is 0 Å². The zero-order valence-electron chi connectivity index (χ0n) is 13.1. The van der Waals surface area contributed by atoms with Crippen LogP contribution in [0.5, 0.6) is 11.6 Å². The first-order chi connectivity index (χ1) is 12.2. The van der Waals surface area contributed by atoms with Crippen LogP contribution in [0.2, 0.25) is 0 Å². The van der Waals surface area contributed by atoms with E-state index < -0.39 is 4.92 Å². The van der Waals surface area contributed by atoms with Crippen molar-refractivity contribution in [2.45, 2.75) is 6.42 Å². The van der Waals surface area contributed by atoms with Crippen molar-refractivity contribution in [2.24, 2.45) is 0 Å². The predicted octanol–water partition coefficient (Wildman–Crippen LogP) is 4.52. The third kappa shape index (κ3) is 3.98. The topological polar surface area (TPSA) is 89.0 Å². The Morgan fingerprint density at radius 1 is 1.08 bits per heavy atom. The van der Waals surface area contributed by atoms with E-state index in [9.17, 15) is 10.1 Å². The molecule has 0 aliphatic rings. The van der Waals surface area contributed by atoms with Crippen LogP contribution in [0, 0.1) is 21.4 Å². The van der Waals surface area contributed by atoms with Gasteiger partial charge < -0.3 is 4.74 Å². The molecule has 0 radical (unpaired) electrons. The summed E-state index contributed by atoms with van der Waals surface area (Å²) in [6.45, 7) is 0. The molecule has 0 saturated carbocycles. The fourth-order valence-corrected chi connectivity index (χ4v) is 2.33. The smallest absolute Gasteiger partial charge is 0.287 e. The van der Waals surface area contributed by atoms with Crippen LogP contribution >= 0.6 is 0 Å². The molecule has 0 unspecified atom stereocenters. The largest absolute Gasteiger partial charge is 0.439 e. The molecular weight excluding hydrogens is 318 g/mol. The fraction of sp³-hybridized carbons (Fsp3) is 0.0526. The average molecular weight is 331 g/mol. The highest BCUT2D eigenvalue weighted by atomic mass is 16.6. The molecular formula is C19H13N3O3. The minimum Gasteiger partial charge on any atom is -0.439 e. The Hall–Kier alpha value is -3.72. The quantitative estimate of drug-likeness (QED) is 0.506. The van der Waals surface area contributed by atoms with E-state index >= 15 is 0 Å². The second kappa shape index (κ2) is 7.23. The Balaban J connectivity index is 1.75. The van der Waals surface area contributed by atoms with Crippen LogP contribution < -0.4 is 4.74 Å². The first-order valence-corrected chi connectivity index (χ1v) is 7.50. The van der Waals surface area contributed by atoms with E-state index in [0.717, 1.165) is 22.9 Å². The highest BCUT2D eigenvalue weighted by Crippen LogP contribution is 2.26. The first kappa shape index (κ1) is 16.1. The van der Waals surface area contributed by atoms with E-state index in [1.807, 2.05) is 36.4 Å². The Labute approximate surface area is 144 Å². The number of hydrogen-bond donors (Lipinski definition) is 0. The van der Waals surface area contributed by atoms with Crippen molar-refractivity contribution >= 4 is 5.69 Å². The van der Waals surface area contributed by atoms with Crippen molar-refractivity contribution in [3.8, 4) is 28.8 Å². The SMILES string of the molecule is N#CCc1cccc(-c2ccc(Oc3ccc([N+](=O)[O-])cn3)cc2)c1. The number of nitrogens with zero attached hydrogens (tertiary/aromatic N) is 3. The van der Waals surface area contributed by atoms with E-state index in [-0.39, 0.29) is 11.6 Å². The summed E-state index contributed by atoms with van der Waals surface area (Å²) < 4.78 is 5.59. The van der Waals surface area contributed by atoms with Gasteiger partial charge in [0, 0.05) is 12.1 Å². The Kier molecular flexibility index (Phi) is 4.67. The molecule has 3 rings (SSSR count). The van der Waals surface area contributed by atoms with Crippen LogP contribution in [-0.4, -0.2) is 9.91 Å². The number of nitro groups is 1. The van der Waals surface area contributed by atoms with Gasteiger partial charge in [-0.3, -0.25) is 10.1 Å².